The van der Waals surface area contributed by atoms with Crippen molar-refractivity contribution in [2.24, 2.45) is 5.92 Å². The molecule has 0 atom stereocenters. The minimum atomic E-state index is 0.575. The van der Waals surface area contributed by atoms with Gasteiger partial charge in [-0.2, -0.15) is 0 Å². The maximum absolute atomic E-state index is 6.10. The smallest absolute Gasteiger partial charge is 0.207 e. The molecule has 0 fully saturated rings. The normalized spacial score (nSPS) is 11.1. The van der Waals surface area contributed by atoms with Crippen LogP contribution in [-0.4, -0.2) is 16.1 Å². The number of nitrogens with zero attached hydrogens (tertiary/aromatic N) is 2. The number of hydrogen-bond acceptors (Lipinski definition) is 2. The first kappa shape index (κ1) is 13.9. The van der Waals surface area contributed by atoms with Crippen LogP contribution in [0.4, 0.5) is 5.95 Å². The van der Waals surface area contributed by atoms with Crippen LogP contribution in [-0.2, 0) is 0 Å². The van der Waals surface area contributed by atoms with Gasteiger partial charge in [-0.15, -0.1) is 0 Å². The summed E-state index contributed by atoms with van der Waals surface area (Å²) < 4.78 is 2.07. The monoisotopic (exact) mass is 277 g/mol. The van der Waals surface area contributed by atoms with Crippen molar-refractivity contribution in [3.05, 3.63) is 40.7 Å². The molecule has 1 aromatic carbocycles. The molecule has 1 aromatic heterocycles. The van der Waals surface area contributed by atoms with Gasteiger partial charge in [-0.05, 0) is 37.5 Å². The largest absolute Gasteiger partial charge is 0.355 e. The summed E-state index contributed by atoms with van der Waals surface area (Å²) >= 11 is 6.10. The molecule has 0 unspecified atom stereocenters. The second kappa shape index (κ2) is 5.66. The maximum Gasteiger partial charge on any atom is 0.207 e. The molecule has 0 spiro atoms. The fraction of sp³-hybridized carbons (Fsp3) is 0.400. The van der Waals surface area contributed by atoms with E-state index in [-0.39, 0.29) is 0 Å². The van der Waals surface area contributed by atoms with E-state index < -0.39 is 0 Å². The van der Waals surface area contributed by atoms with Crippen LogP contribution in [0.3, 0.4) is 0 Å². The van der Waals surface area contributed by atoms with Crippen molar-refractivity contribution in [2.75, 3.05) is 11.9 Å². The van der Waals surface area contributed by atoms with E-state index in [0.29, 0.717) is 5.92 Å². The first-order valence-electron chi connectivity index (χ1n) is 6.53. The second-order valence-corrected chi connectivity index (χ2v) is 5.72. The van der Waals surface area contributed by atoms with Crippen LogP contribution in [0.1, 0.15) is 25.1 Å². The lowest BCUT2D eigenvalue weighted by Gasteiger charge is -2.13. The molecule has 4 heteroatoms. The van der Waals surface area contributed by atoms with Gasteiger partial charge in [0.05, 0.1) is 11.4 Å². The van der Waals surface area contributed by atoms with Gasteiger partial charge in [0.1, 0.15) is 0 Å². The Morgan fingerprint density at radius 3 is 2.74 bits per heavy atom. The van der Waals surface area contributed by atoms with E-state index in [1.54, 1.807) is 0 Å². The SMILES string of the molecule is Cc1cn(-c2cc(Cl)ccc2C)c(NCC(C)C)n1. The van der Waals surface area contributed by atoms with Crippen LogP contribution in [0.2, 0.25) is 5.02 Å². The van der Waals surface area contributed by atoms with Crippen LogP contribution >= 0.6 is 11.6 Å². The van der Waals surface area contributed by atoms with Gasteiger partial charge >= 0.3 is 0 Å². The van der Waals surface area contributed by atoms with Crippen molar-refractivity contribution in [3.63, 3.8) is 0 Å². The third-order valence-corrected chi connectivity index (χ3v) is 3.16. The highest BCUT2D eigenvalue weighted by molar-refractivity contribution is 6.30. The number of benzene rings is 1. The molecular formula is C15H20ClN3. The Kier molecular flexibility index (Phi) is 4.15. The van der Waals surface area contributed by atoms with E-state index in [4.69, 9.17) is 11.6 Å². The molecule has 0 aliphatic heterocycles. The van der Waals surface area contributed by atoms with E-state index in [1.165, 1.54) is 5.56 Å². The molecule has 1 N–H and O–H groups in total. The standard InChI is InChI=1S/C15H20ClN3/c1-10(2)8-17-15-18-12(4)9-19(15)14-7-13(16)6-5-11(14)3/h5-7,9-10H,8H2,1-4H3,(H,17,18). The third-order valence-electron chi connectivity index (χ3n) is 2.93. The summed E-state index contributed by atoms with van der Waals surface area (Å²) in [6, 6.07) is 5.91. The number of aryl methyl sites for hydroxylation is 2. The van der Waals surface area contributed by atoms with E-state index in [0.717, 1.165) is 28.9 Å². The predicted octanol–water partition coefficient (Wildman–Crippen LogP) is 4.21. The number of aromatic nitrogens is 2. The molecular weight excluding hydrogens is 258 g/mol. The Hall–Kier alpha value is -1.48. The summed E-state index contributed by atoms with van der Waals surface area (Å²) in [5.74, 6) is 1.45. The Morgan fingerprint density at radius 1 is 1.32 bits per heavy atom. The minimum absolute atomic E-state index is 0.575. The molecule has 0 bridgehead atoms. The van der Waals surface area contributed by atoms with Crippen LogP contribution in [0.25, 0.3) is 5.69 Å². The van der Waals surface area contributed by atoms with Crippen LogP contribution in [0.15, 0.2) is 24.4 Å². The minimum Gasteiger partial charge on any atom is -0.355 e. The molecule has 1 heterocycles. The number of nitrogens with one attached hydrogen (secondary N) is 1. The number of anilines is 1. The molecule has 0 amide bonds. The summed E-state index contributed by atoms with van der Waals surface area (Å²) in [6.45, 7) is 9.33. The van der Waals surface area contributed by atoms with E-state index in [1.807, 2.05) is 31.3 Å². The molecule has 0 saturated carbocycles. The maximum atomic E-state index is 6.10. The van der Waals surface area contributed by atoms with Crippen molar-refractivity contribution < 1.29 is 0 Å². The lowest BCUT2D eigenvalue weighted by atomic mass is 10.2. The molecule has 2 aromatic rings. The van der Waals surface area contributed by atoms with Crippen molar-refractivity contribution in [3.8, 4) is 5.69 Å². The number of rotatable bonds is 4. The highest BCUT2D eigenvalue weighted by Crippen LogP contribution is 2.23. The highest BCUT2D eigenvalue weighted by Gasteiger charge is 2.10. The molecule has 0 saturated heterocycles. The van der Waals surface area contributed by atoms with E-state index in [2.05, 4.69) is 35.6 Å². The van der Waals surface area contributed by atoms with Crippen molar-refractivity contribution in [1.82, 2.24) is 9.55 Å². The van der Waals surface area contributed by atoms with E-state index >= 15 is 0 Å². The summed E-state index contributed by atoms with van der Waals surface area (Å²) in [5.41, 5.74) is 3.24. The quantitative estimate of drug-likeness (QED) is 0.907. The number of hydrogen-bond donors (Lipinski definition) is 1. The Labute approximate surface area is 119 Å². The molecule has 0 aliphatic carbocycles. The van der Waals surface area contributed by atoms with Gasteiger partial charge in [0, 0.05) is 17.8 Å². The molecule has 3 nitrogen and oxygen atoms in total. The van der Waals surface area contributed by atoms with Crippen molar-refractivity contribution in [2.45, 2.75) is 27.7 Å². The van der Waals surface area contributed by atoms with Gasteiger partial charge in [-0.25, -0.2) is 4.98 Å². The summed E-state index contributed by atoms with van der Waals surface area (Å²) in [4.78, 5) is 4.54. The summed E-state index contributed by atoms with van der Waals surface area (Å²) in [5, 5.41) is 4.13. The zero-order chi connectivity index (χ0) is 14.0. The lowest BCUT2D eigenvalue weighted by Crippen LogP contribution is -2.12. The van der Waals surface area contributed by atoms with Crippen LogP contribution in [0, 0.1) is 19.8 Å². The first-order chi connectivity index (χ1) is 8.97. The fourth-order valence-electron chi connectivity index (χ4n) is 1.94. The second-order valence-electron chi connectivity index (χ2n) is 5.28. The van der Waals surface area contributed by atoms with Crippen molar-refractivity contribution in [1.29, 1.82) is 0 Å². The molecule has 102 valence electrons. The molecule has 0 radical (unpaired) electrons. The number of halogens is 1. The van der Waals surface area contributed by atoms with Gasteiger partial charge in [0.2, 0.25) is 5.95 Å². The Bertz CT molecular complexity index is 573. The van der Waals surface area contributed by atoms with Gasteiger partial charge in [0.25, 0.3) is 0 Å². The average Bonchev–Trinajstić information content (AvgIpc) is 2.71. The van der Waals surface area contributed by atoms with Crippen molar-refractivity contribution >= 4 is 17.5 Å². The Balaban J connectivity index is 2.40. The third kappa shape index (κ3) is 3.29. The molecule has 2 rings (SSSR count). The predicted molar refractivity (Wildman–Crippen MR) is 81.4 cm³/mol. The van der Waals surface area contributed by atoms with Gasteiger partial charge in [0.15, 0.2) is 0 Å². The van der Waals surface area contributed by atoms with Crippen LogP contribution < -0.4 is 5.32 Å². The van der Waals surface area contributed by atoms with Crippen LogP contribution in [0.5, 0.6) is 0 Å². The average molecular weight is 278 g/mol. The number of imidazole rings is 1. The zero-order valence-electron chi connectivity index (χ0n) is 11.9. The Morgan fingerprint density at radius 2 is 2.05 bits per heavy atom. The summed E-state index contributed by atoms with van der Waals surface area (Å²) in [6.07, 6.45) is 2.03. The summed E-state index contributed by atoms with van der Waals surface area (Å²) in [7, 11) is 0. The van der Waals surface area contributed by atoms with Gasteiger partial charge in [-0.1, -0.05) is 31.5 Å². The first-order valence-corrected chi connectivity index (χ1v) is 6.91. The van der Waals surface area contributed by atoms with E-state index in [9.17, 15) is 0 Å². The van der Waals surface area contributed by atoms with Gasteiger partial charge in [-0.3, -0.25) is 4.57 Å². The lowest BCUT2D eigenvalue weighted by molar-refractivity contribution is 0.683. The van der Waals surface area contributed by atoms with Gasteiger partial charge < -0.3 is 5.32 Å². The highest BCUT2D eigenvalue weighted by atomic mass is 35.5. The topological polar surface area (TPSA) is 29.9 Å². The molecule has 0 aliphatic rings. The fourth-order valence-corrected chi connectivity index (χ4v) is 2.11. The molecule has 19 heavy (non-hydrogen) atoms. The zero-order valence-corrected chi connectivity index (χ0v) is 12.6.